The minimum atomic E-state index is 0.00780. The van der Waals surface area contributed by atoms with E-state index in [9.17, 15) is 4.79 Å². The van der Waals surface area contributed by atoms with Gasteiger partial charge in [0.1, 0.15) is 6.10 Å². The summed E-state index contributed by atoms with van der Waals surface area (Å²) < 4.78 is 5.82. The van der Waals surface area contributed by atoms with Crippen LogP contribution in [0.4, 0.5) is 4.79 Å². The largest absolute Gasteiger partial charge is 0.471 e. The van der Waals surface area contributed by atoms with Gasteiger partial charge in [0.2, 0.25) is 5.88 Å². The van der Waals surface area contributed by atoms with Gasteiger partial charge in [-0.1, -0.05) is 0 Å². The summed E-state index contributed by atoms with van der Waals surface area (Å²) in [6.45, 7) is 6.76. The second-order valence-corrected chi connectivity index (χ2v) is 6.06. The van der Waals surface area contributed by atoms with E-state index in [0.29, 0.717) is 12.4 Å². The van der Waals surface area contributed by atoms with Crippen LogP contribution < -0.4 is 4.74 Å². The maximum Gasteiger partial charge on any atom is 0.320 e. The Balaban J connectivity index is 1.51. The van der Waals surface area contributed by atoms with Gasteiger partial charge in [0.05, 0.1) is 12.2 Å². The zero-order chi connectivity index (χ0) is 15.5. The van der Waals surface area contributed by atoms with Crippen molar-refractivity contribution >= 4 is 6.03 Å². The highest BCUT2D eigenvalue weighted by molar-refractivity contribution is 5.75. The van der Waals surface area contributed by atoms with Crippen LogP contribution in [0.5, 0.6) is 5.88 Å². The molecular formula is C15H23N5O2. The van der Waals surface area contributed by atoms with E-state index < -0.39 is 0 Å². The molecule has 0 aliphatic carbocycles. The Morgan fingerprint density at radius 2 is 1.91 bits per heavy atom. The molecule has 7 nitrogen and oxygen atoms in total. The van der Waals surface area contributed by atoms with Crippen molar-refractivity contribution in [2.75, 3.05) is 46.3 Å². The van der Waals surface area contributed by atoms with Gasteiger partial charge in [-0.3, -0.25) is 0 Å². The van der Waals surface area contributed by atoms with Crippen LogP contribution in [0.25, 0.3) is 0 Å². The Hall–Kier alpha value is -1.89. The summed E-state index contributed by atoms with van der Waals surface area (Å²) in [6, 6.07) is 3.84. The van der Waals surface area contributed by atoms with Crippen LogP contribution in [0.2, 0.25) is 0 Å². The molecule has 1 unspecified atom stereocenters. The topological polar surface area (TPSA) is 61.8 Å². The summed E-state index contributed by atoms with van der Waals surface area (Å²) in [5.74, 6) is 0.532. The summed E-state index contributed by atoms with van der Waals surface area (Å²) in [5, 5.41) is 8.01. The second-order valence-electron chi connectivity index (χ2n) is 6.06. The maximum atomic E-state index is 12.5. The highest BCUT2D eigenvalue weighted by Crippen LogP contribution is 2.18. The van der Waals surface area contributed by atoms with Crippen LogP contribution in [0.15, 0.2) is 12.1 Å². The minimum Gasteiger partial charge on any atom is -0.471 e. The number of amides is 2. The van der Waals surface area contributed by atoms with E-state index in [0.717, 1.165) is 44.8 Å². The fourth-order valence-electron chi connectivity index (χ4n) is 2.82. The van der Waals surface area contributed by atoms with E-state index in [4.69, 9.17) is 4.74 Å². The van der Waals surface area contributed by atoms with Crippen molar-refractivity contribution < 1.29 is 9.53 Å². The number of ether oxygens (including phenoxy) is 1. The molecule has 0 aromatic carbocycles. The van der Waals surface area contributed by atoms with Crippen molar-refractivity contribution in [1.29, 1.82) is 0 Å². The van der Waals surface area contributed by atoms with E-state index in [1.807, 2.05) is 28.9 Å². The van der Waals surface area contributed by atoms with Gasteiger partial charge in [-0.15, -0.1) is 5.10 Å². The highest BCUT2D eigenvalue weighted by atomic mass is 16.5. The Labute approximate surface area is 130 Å². The number of urea groups is 1. The van der Waals surface area contributed by atoms with Gasteiger partial charge in [-0.25, -0.2) is 4.79 Å². The average Bonchev–Trinajstić information content (AvgIpc) is 2.98. The predicted octanol–water partition coefficient (Wildman–Crippen LogP) is 0.606. The van der Waals surface area contributed by atoms with Crippen molar-refractivity contribution in [2.24, 2.45) is 0 Å². The normalized spacial score (nSPS) is 22.9. The first-order valence-electron chi connectivity index (χ1n) is 7.81. The summed E-state index contributed by atoms with van der Waals surface area (Å²) in [7, 11) is 2.09. The van der Waals surface area contributed by atoms with Crippen molar-refractivity contribution in [3.63, 3.8) is 0 Å². The third-order valence-electron chi connectivity index (χ3n) is 4.25. The summed E-state index contributed by atoms with van der Waals surface area (Å²) in [6.07, 6.45) is 0.850. The Bertz CT molecular complexity index is 513. The fraction of sp³-hybridized carbons (Fsp3) is 0.667. The van der Waals surface area contributed by atoms with Crippen LogP contribution >= 0.6 is 0 Å². The van der Waals surface area contributed by atoms with Crippen LogP contribution in [0.3, 0.4) is 0 Å². The molecule has 2 fully saturated rings. The molecule has 120 valence electrons. The number of nitrogens with zero attached hydrogens (tertiary/aromatic N) is 5. The molecule has 1 atom stereocenters. The first-order chi connectivity index (χ1) is 10.6. The van der Waals surface area contributed by atoms with Gasteiger partial charge in [0.25, 0.3) is 0 Å². The first kappa shape index (κ1) is 15.0. The number of carbonyl (C=O) groups excluding carboxylic acids is 1. The SMILES string of the molecule is Cc1ccc(OC2CCN(C(=O)N3CCN(C)CC3)C2)nn1. The van der Waals surface area contributed by atoms with Gasteiger partial charge >= 0.3 is 6.03 Å². The van der Waals surface area contributed by atoms with E-state index in [2.05, 4.69) is 22.1 Å². The van der Waals surface area contributed by atoms with Crippen molar-refractivity contribution in [3.8, 4) is 5.88 Å². The molecule has 0 spiro atoms. The number of rotatable bonds is 2. The summed E-state index contributed by atoms with van der Waals surface area (Å²) >= 11 is 0. The third-order valence-corrected chi connectivity index (χ3v) is 4.25. The van der Waals surface area contributed by atoms with Gasteiger partial charge in [0, 0.05) is 45.2 Å². The fourth-order valence-corrected chi connectivity index (χ4v) is 2.82. The molecule has 2 saturated heterocycles. The lowest BCUT2D eigenvalue weighted by atomic mass is 10.3. The zero-order valence-electron chi connectivity index (χ0n) is 13.2. The average molecular weight is 305 g/mol. The quantitative estimate of drug-likeness (QED) is 0.801. The number of likely N-dealkylation sites (tertiary alicyclic amines) is 1. The Morgan fingerprint density at radius 3 is 2.59 bits per heavy atom. The van der Waals surface area contributed by atoms with Crippen molar-refractivity contribution in [3.05, 3.63) is 17.8 Å². The number of aryl methyl sites for hydroxylation is 1. The molecule has 3 heterocycles. The Kier molecular flexibility index (Phi) is 4.42. The number of hydrogen-bond donors (Lipinski definition) is 0. The molecule has 2 aliphatic rings. The molecule has 1 aromatic rings. The molecule has 1 aromatic heterocycles. The van der Waals surface area contributed by atoms with Crippen LogP contribution in [0.1, 0.15) is 12.1 Å². The predicted molar refractivity (Wildman–Crippen MR) is 81.8 cm³/mol. The standard InChI is InChI=1S/C15H23N5O2/c1-12-3-4-14(17-16-12)22-13-5-6-20(11-13)15(21)19-9-7-18(2)8-10-19/h3-4,13H,5-11H2,1-2H3. The van der Waals surface area contributed by atoms with Gasteiger partial charge in [0.15, 0.2) is 0 Å². The van der Waals surface area contributed by atoms with Gasteiger partial charge in [-0.2, -0.15) is 5.10 Å². The number of carbonyl (C=O) groups is 1. The lowest BCUT2D eigenvalue weighted by Gasteiger charge is -2.34. The van der Waals surface area contributed by atoms with Gasteiger partial charge < -0.3 is 19.4 Å². The van der Waals surface area contributed by atoms with E-state index >= 15 is 0 Å². The molecule has 22 heavy (non-hydrogen) atoms. The second kappa shape index (κ2) is 6.48. The van der Waals surface area contributed by atoms with Crippen LogP contribution in [0, 0.1) is 6.92 Å². The third kappa shape index (κ3) is 3.47. The van der Waals surface area contributed by atoms with E-state index in [1.165, 1.54) is 0 Å². The van der Waals surface area contributed by atoms with Crippen LogP contribution in [-0.4, -0.2) is 83.3 Å². The molecule has 0 N–H and O–H groups in total. The lowest BCUT2D eigenvalue weighted by molar-refractivity contribution is 0.123. The maximum absolute atomic E-state index is 12.5. The van der Waals surface area contributed by atoms with Gasteiger partial charge in [-0.05, 0) is 20.0 Å². The molecule has 0 saturated carbocycles. The molecule has 0 radical (unpaired) electrons. The first-order valence-corrected chi connectivity index (χ1v) is 7.81. The molecular weight excluding hydrogens is 282 g/mol. The molecule has 3 rings (SSSR count). The zero-order valence-corrected chi connectivity index (χ0v) is 13.2. The molecule has 2 amide bonds. The summed E-state index contributed by atoms with van der Waals surface area (Å²) in [5.41, 5.74) is 0.866. The van der Waals surface area contributed by atoms with Crippen molar-refractivity contribution in [2.45, 2.75) is 19.4 Å². The lowest BCUT2D eigenvalue weighted by Crippen LogP contribution is -2.51. The highest BCUT2D eigenvalue weighted by Gasteiger charge is 2.31. The smallest absolute Gasteiger partial charge is 0.320 e. The number of likely N-dealkylation sites (N-methyl/N-ethyl adjacent to an activating group) is 1. The molecule has 2 aliphatic heterocycles. The molecule has 0 bridgehead atoms. The number of aromatic nitrogens is 2. The monoisotopic (exact) mass is 305 g/mol. The van der Waals surface area contributed by atoms with E-state index in [-0.39, 0.29) is 12.1 Å². The molecule has 7 heteroatoms. The van der Waals surface area contributed by atoms with E-state index in [1.54, 1.807) is 0 Å². The summed E-state index contributed by atoms with van der Waals surface area (Å²) in [4.78, 5) is 18.6. The minimum absolute atomic E-state index is 0.00780. The van der Waals surface area contributed by atoms with Crippen molar-refractivity contribution in [1.82, 2.24) is 24.9 Å². The number of piperazine rings is 1. The van der Waals surface area contributed by atoms with Crippen LogP contribution in [-0.2, 0) is 0 Å². The number of hydrogen-bond acceptors (Lipinski definition) is 5. The Morgan fingerprint density at radius 1 is 1.14 bits per heavy atom.